The number of esters is 1. The number of nitrogens with zero attached hydrogens (tertiary/aromatic N) is 1. The molecule has 0 aromatic rings. The number of aliphatic imine (C=N–C) groups is 1. The van der Waals surface area contributed by atoms with Gasteiger partial charge in [-0.3, -0.25) is 4.79 Å². The Morgan fingerprint density at radius 2 is 1.95 bits per heavy atom. The summed E-state index contributed by atoms with van der Waals surface area (Å²) in [6.07, 6.45) is 2.30. The first-order valence-corrected chi connectivity index (χ1v) is 7.95. The van der Waals surface area contributed by atoms with Crippen LogP contribution in [0.3, 0.4) is 0 Å². The third-order valence-corrected chi connectivity index (χ3v) is 4.82. The summed E-state index contributed by atoms with van der Waals surface area (Å²) in [7, 11) is 1.31. The Balaban J connectivity index is 2.94. The molecular formula is C15H30N4O3. The normalized spacial score (nSPS) is 29.4. The van der Waals surface area contributed by atoms with E-state index in [1.165, 1.54) is 7.11 Å². The zero-order chi connectivity index (χ0) is 16.9. The van der Waals surface area contributed by atoms with E-state index in [1.54, 1.807) is 0 Å². The van der Waals surface area contributed by atoms with E-state index in [0.717, 1.165) is 19.3 Å². The number of guanidine groups is 1. The first-order chi connectivity index (χ1) is 10.3. The van der Waals surface area contributed by atoms with Gasteiger partial charge < -0.3 is 27.0 Å². The Labute approximate surface area is 132 Å². The Kier molecular flexibility index (Phi) is 7.09. The SMILES string of the molecule is CCC(CC)CC(N)C1C(N=C(N)N)CC(C(=O)OC)C1O. The van der Waals surface area contributed by atoms with E-state index < -0.39 is 18.0 Å². The molecule has 5 atom stereocenters. The van der Waals surface area contributed by atoms with Crippen LogP contribution < -0.4 is 17.2 Å². The Morgan fingerprint density at radius 3 is 2.41 bits per heavy atom. The van der Waals surface area contributed by atoms with Gasteiger partial charge in [0, 0.05) is 12.0 Å². The quantitative estimate of drug-likeness (QED) is 0.295. The fourth-order valence-electron chi connectivity index (χ4n) is 3.47. The van der Waals surface area contributed by atoms with Gasteiger partial charge in [0.25, 0.3) is 0 Å². The van der Waals surface area contributed by atoms with Crippen molar-refractivity contribution < 1.29 is 14.6 Å². The monoisotopic (exact) mass is 314 g/mol. The molecule has 1 aliphatic rings. The van der Waals surface area contributed by atoms with Crippen LogP contribution in [0.25, 0.3) is 0 Å². The minimum Gasteiger partial charge on any atom is -0.469 e. The number of aliphatic hydroxyl groups excluding tert-OH is 1. The molecule has 0 aromatic carbocycles. The van der Waals surface area contributed by atoms with Crippen LogP contribution in [-0.2, 0) is 9.53 Å². The lowest BCUT2D eigenvalue weighted by molar-refractivity contribution is -0.148. The number of methoxy groups -OCH3 is 1. The van der Waals surface area contributed by atoms with Gasteiger partial charge in [-0.2, -0.15) is 0 Å². The Bertz CT molecular complexity index is 394. The number of rotatable bonds is 7. The zero-order valence-electron chi connectivity index (χ0n) is 13.7. The predicted octanol–water partition coefficient (Wildman–Crippen LogP) is -0.0480. The van der Waals surface area contributed by atoms with Crippen LogP contribution >= 0.6 is 0 Å². The first-order valence-electron chi connectivity index (χ1n) is 7.95. The minimum absolute atomic E-state index is 0.0533. The smallest absolute Gasteiger partial charge is 0.311 e. The van der Waals surface area contributed by atoms with E-state index in [0.29, 0.717) is 12.3 Å². The topological polar surface area (TPSA) is 137 Å². The third kappa shape index (κ3) is 4.33. The molecule has 0 aliphatic heterocycles. The molecule has 5 unspecified atom stereocenters. The van der Waals surface area contributed by atoms with Gasteiger partial charge in [-0.05, 0) is 18.8 Å². The standard InChI is InChI=1S/C15H30N4O3/c1-4-8(5-2)6-10(16)12-11(19-15(17)18)7-9(13(12)20)14(21)22-3/h8-13,20H,4-7,16H2,1-3H3,(H4,17,18,19). The summed E-state index contributed by atoms with van der Waals surface area (Å²) < 4.78 is 4.76. The molecular weight excluding hydrogens is 284 g/mol. The highest BCUT2D eigenvalue weighted by molar-refractivity contribution is 5.76. The number of aliphatic hydroxyl groups is 1. The van der Waals surface area contributed by atoms with Gasteiger partial charge in [-0.1, -0.05) is 26.7 Å². The molecule has 128 valence electrons. The number of ether oxygens (including phenoxy) is 1. The summed E-state index contributed by atoms with van der Waals surface area (Å²) in [6.45, 7) is 4.24. The number of carbonyl (C=O) groups is 1. The average molecular weight is 314 g/mol. The second-order valence-corrected chi connectivity index (χ2v) is 6.14. The van der Waals surface area contributed by atoms with Gasteiger partial charge in [-0.15, -0.1) is 0 Å². The second kappa shape index (κ2) is 8.33. The molecule has 0 saturated heterocycles. The van der Waals surface area contributed by atoms with Crippen molar-refractivity contribution in [1.82, 2.24) is 0 Å². The van der Waals surface area contributed by atoms with Crippen LogP contribution in [0, 0.1) is 17.8 Å². The lowest BCUT2D eigenvalue weighted by atomic mass is 9.84. The maximum atomic E-state index is 11.8. The van der Waals surface area contributed by atoms with Crippen LogP contribution in [0.2, 0.25) is 0 Å². The molecule has 0 spiro atoms. The maximum absolute atomic E-state index is 11.8. The highest BCUT2D eigenvalue weighted by Crippen LogP contribution is 2.38. The van der Waals surface area contributed by atoms with Crippen LogP contribution in [0.5, 0.6) is 0 Å². The summed E-state index contributed by atoms with van der Waals surface area (Å²) in [5.41, 5.74) is 17.3. The van der Waals surface area contributed by atoms with Crippen molar-refractivity contribution in [2.45, 2.75) is 57.7 Å². The van der Waals surface area contributed by atoms with Crippen LogP contribution in [0.15, 0.2) is 4.99 Å². The van der Waals surface area contributed by atoms with E-state index in [1.807, 2.05) is 0 Å². The van der Waals surface area contributed by atoms with Crippen molar-refractivity contribution in [3.05, 3.63) is 0 Å². The second-order valence-electron chi connectivity index (χ2n) is 6.14. The molecule has 7 N–H and O–H groups in total. The summed E-state index contributed by atoms with van der Waals surface area (Å²) in [6, 6.07) is -0.615. The summed E-state index contributed by atoms with van der Waals surface area (Å²) in [5, 5.41) is 10.5. The van der Waals surface area contributed by atoms with Crippen LogP contribution in [0.4, 0.5) is 0 Å². The van der Waals surface area contributed by atoms with Crippen molar-refractivity contribution in [2.75, 3.05) is 7.11 Å². The van der Waals surface area contributed by atoms with E-state index in [9.17, 15) is 9.90 Å². The zero-order valence-corrected chi connectivity index (χ0v) is 13.7. The van der Waals surface area contributed by atoms with Crippen LogP contribution in [0.1, 0.15) is 39.5 Å². The number of nitrogens with two attached hydrogens (primary N) is 3. The fourth-order valence-corrected chi connectivity index (χ4v) is 3.47. The lowest BCUT2D eigenvalue weighted by Crippen LogP contribution is -2.43. The molecule has 7 heteroatoms. The average Bonchev–Trinajstić information content (AvgIpc) is 2.79. The van der Waals surface area contributed by atoms with Gasteiger partial charge in [0.05, 0.1) is 25.2 Å². The van der Waals surface area contributed by atoms with Gasteiger partial charge in [0.1, 0.15) is 0 Å². The summed E-state index contributed by atoms with van der Waals surface area (Å²) in [5.74, 6) is -0.982. The molecule has 0 radical (unpaired) electrons. The van der Waals surface area contributed by atoms with E-state index >= 15 is 0 Å². The molecule has 0 heterocycles. The van der Waals surface area contributed by atoms with Crippen molar-refractivity contribution >= 4 is 11.9 Å². The highest BCUT2D eigenvalue weighted by Gasteiger charge is 2.49. The summed E-state index contributed by atoms with van der Waals surface area (Å²) >= 11 is 0. The molecule has 1 saturated carbocycles. The van der Waals surface area contributed by atoms with Crippen molar-refractivity contribution in [3.8, 4) is 0 Å². The molecule has 22 heavy (non-hydrogen) atoms. The third-order valence-electron chi connectivity index (χ3n) is 4.82. The largest absolute Gasteiger partial charge is 0.469 e. The number of hydrogen-bond acceptors (Lipinski definition) is 5. The molecule has 0 amide bonds. The van der Waals surface area contributed by atoms with Gasteiger partial charge >= 0.3 is 5.97 Å². The number of carbonyl (C=O) groups excluding carboxylic acids is 1. The Hall–Kier alpha value is -1.34. The Morgan fingerprint density at radius 1 is 1.36 bits per heavy atom. The van der Waals surface area contributed by atoms with Crippen molar-refractivity contribution in [1.29, 1.82) is 0 Å². The van der Waals surface area contributed by atoms with Gasteiger partial charge in [-0.25, -0.2) is 4.99 Å². The van der Waals surface area contributed by atoms with Gasteiger partial charge in [0.15, 0.2) is 5.96 Å². The molecule has 1 fully saturated rings. The van der Waals surface area contributed by atoms with Crippen molar-refractivity contribution in [2.24, 2.45) is 39.9 Å². The maximum Gasteiger partial charge on any atom is 0.311 e. The van der Waals surface area contributed by atoms with E-state index in [-0.39, 0.29) is 24.0 Å². The highest BCUT2D eigenvalue weighted by atomic mass is 16.5. The van der Waals surface area contributed by atoms with Crippen molar-refractivity contribution in [3.63, 3.8) is 0 Å². The fraction of sp³-hybridized carbons (Fsp3) is 0.867. The first kappa shape index (κ1) is 18.7. The predicted molar refractivity (Wildman–Crippen MR) is 85.9 cm³/mol. The van der Waals surface area contributed by atoms with E-state index in [2.05, 4.69) is 18.8 Å². The molecule has 1 aliphatic carbocycles. The molecule has 1 rings (SSSR count). The van der Waals surface area contributed by atoms with Gasteiger partial charge in [0.2, 0.25) is 0 Å². The lowest BCUT2D eigenvalue weighted by Gasteiger charge is -2.29. The summed E-state index contributed by atoms with van der Waals surface area (Å²) in [4.78, 5) is 16.0. The molecule has 7 nitrogen and oxygen atoms in total. The van der Waals surface area contributed by atoms with Crippen LogP contribution in [-0.4, -0.2) is 42.3 Å². The molecule has 0 aromatic heterocycles. The molecule has 0 bridgehead atoms. The van der Waals surface area contributed by atoms with E-state index in [4.69, 9.17) is 21.9 Å². The number of hydrogen-bond donors (Lipinski definition) is 4. The minimum atomic E-state index is -0.884.